The van der Waals surface area contributed by atoms with Crippen LogP contribution < -0.4 is 10.6 Å². The van der Waals surface area contributed by atoms with Crippen LogP contribution >= 0.6 is 0 Å². The number of hydrogen-bond acceptors (Lipinski definition) is 6. The third-order valence-electron chi connectivity index (χ3n) is 4.15. The molecule has 8 nitrogen and oxygen atoms in total. The molecule has 8 heteroatoms. The lowest BCUT2D eigenvalue weighted by molar-refractivity contribution is -0.245. The summed E-state index contributed by atoms with van der Waals surface area (Å²) in [6.45, 7) is 6.00. The molecule has 148 valence electrons. The third-order valence-corrected chi connectivity index (χ3v) is 4.15. The normalized spacial score (nSPS) is 27.5. The Hall–Kier alpha value is -2.45. The van der Waals surface area contributed by atoms with Gasteiger partial charge in [-0.2, -0.15) is 0 Å². The van der Waals surface area contributed by atoms with E-state index in [9.17, 15) is 14.4 Å². The molecule has 1 aromatic rings. The molecule has 1 aliphatic heterocycles. The first-order valence-electron chi connectivity index (χ1n) is 8.80. The maximum absolute atomic E-state index is 11.7. The minimum atomic E-state index is -0.849. The smallest absolute Gasteiger partial charge is 0.303 e. The van der Waals surface area contributed by atoms with Gasteiger partial charge in [0.25, 0.3) is 0 Å². The van der Waals surface area contributed by atoms with E-state index in [1.54, 1.807) is 6.92 Å². The van der Waals surface area contributed by atoms with Crippen molar-refractivity contribution in [2.45, 2.75) is 64.9 Å². The minimum absolute atomic E-state index is 0.256. The second-order valence-corrected chi connectivity index (χ2v) is 6.53. The zero-order valence-electron chi connectivity index (χ0n) is 15.9. The highest BCUT2D eigenvalue weighted by Crippen LogP contribution is 2.25. The van der Waals surface area contributed by atoms with E-state index in [1.807, 2.05) is 30.3 Å². The highest BCUT2D eigenvalue weighted by Gasteiger charge is 2.47. The summed E-state index contributed by atoms with van der Waals surface area (Å²) in [6.07, 6.45) is -2.18. The first-order valence-corrected chi connectivity index (χ1v) is 8.80. The number of amides is 2. The van der Waals surface area contributed by atoms with Crippen LogP contribution in [0.3, 0.4) is 0 Å². The molecule has 1 saturated heterocycles. The molecular formula is C19H26N2O6. The molecule has 0 radical (unpaired) electrons. The van der Waals surface area contributed by atoms with Crippen molar-refractivity contribution in [3.05, 3.63) is 35.9 Å². The van der Waals surface area contributed by atoms with Crippen LogP contribution in [-0.2, 0) is 35.2 Å². The maximum Gasteiger partial charge on any atom is 0.303 e. The predicted octanol–water partition coefficient (Wildman–Crippen LogP) is 0.889. The maximum atomic E-state index is 11.7. The number of rotatable bonds is 6. The molecule has 0 aromatic heterocycles. The summed E-state index contributed by atoms with van der Waals surface area (Å²) in [6, 6.07) is 8.10. The van der Waals surface area contributed by atoms with Crippen molar-refractivity contribution in [3.8, 4) is 0 Å². The van der Waals surface area contributed by atoms with Crippen LogP contribution in [0.5, 0.6) is 0 Å². The topological polar surface area (TPSA) is 103 Å². The van der Waals surface area contributed by atoms with Gasteiger partial charge in [-0.3, -0.25) is 14.4 Å². The first-order chi connectivity index (χ1) is 12.8. The van der Waals surface area contributed by atoms with Gasteiger partial charge < -0.3 is 24.8 Å². The second-order valence-electron chi connectivity index (χ2n) is 6.53. The van der Waals surface area contributed by atoms with E-state index in [2.05, 4.69) is 10.6 Å². The number of benzene rings is 1. The van der Waals surface area contributed by atoms with Crippen molar-refractivity contribution < 1.29 is 28.6 Å². The van der Waals surface area contributed by atoms with Crippen molar-refractivity contribution in [2.75, 3.05) is 0 Å². The second kappa shape index (κ2) is 9.48. The fourth-order valence-corrected chi connectivity index (χ4v) is 3.08. The minimum Gasteiger partial charge on any atom is -0.458 e. The van der Waals surface area contributed by atoms with E-state index in [0.29, 0.717) is 0 Å². The van der Waals surface area contributed by atoms with Crippen molar-refractivity contribution in [1.29, 1.82) is 0 Å². The number of hydrogen-bond donors (Lipinski definition) is 2. The quantitative estimate of drug-likeness (QED) is 0.713. The molecule has 1 fully saturated rings. The summed E-state index contributed by atoms with van der Waals surface area (Å²) in [5.41, 5.74) is 0.934. The Balaban J connectivity index is 2.24. The van der Waals surface area contributed by atoms with E-state index < -0.39 is 36.6 Å². The van der Waals surface area contributed by atoms with Crippen LogP contribution in [0.1, 0.15) is 33.3 Å². The lowest BCUT2D eigenvalue weighted by Crippen LogP contribution is -2.68. The average molecular weight is 378 g/mol. The Morgan fingerprint density at radius 2 is 1.59 bits per heavy atom. The number of esters is 1. The molecule has 0 bridgehead atoms. The van der Waals surface area contributed by atoms with Gasteiger partial charge in [0.2, 0.25) is 11.8 Å². The Kier molecular flexibility index (Phi) is 7.32. The third kappa shape index (κ3) is 6.04. The van der Waals surface area contributed by atoms with E-state index in [1.165, 1.54) is 20.8 Å². The fourth-order valence-electron chi connectivity index (χ4n) is 3.08. The summed E-state index contributed by atoms with van der Waals surface area (Å²) >= 11 is 0. The van der Waals surface area contributed by atoms with Gasteiger partial charge in [0.15, 0.2) is 6.29 Å². The van der Waals surface area contributed by atoms with E-state index in [4.69, 9.17) is 14.2 Å². The highest BCUT2D eigenvalue weighted by molar-refractivity contribution is 5.74. The van der Waals surface area contributed by atoms with Gasteiger partial charge in [-0.15, -0.1) is 0 Å². The summed E-state index contributed by atoms with van der Waals surface area (Å²) in [7, 11) is 0. The standard InChI is InChI=1S/C19H26N2O6/c1-11-16(20-12(2)22)18(27-14(4)24)17(21-13(3)23)19(26-11)25-10-15-8-6-5-7-9-15/h5-9,11,16-19H,10H2,1-4H3,(H,20,22)(H,21,23). The van der Waals surface area contributed by atoms with Crippen molar-refractivity contribution in [2.24, 2.45) is 0 Å². The molecule has 2 amide bonds. The molecule has 1 aromatic carbocycles. The highest BCUT2D eigenvalue weighted by atomic mass is 16.7. The number of carbonyl (C=O) groups is 3. The molecule has 5 atom stereocenters. The molecule has 27 heavy (non-hydrogen) atoms. The number of nitrogens with one attached hydrogen (secondary N) is 2. The summed E-state index contributed by atoms with van der Waals surface area (Å²) < 4.78 is 17.2. The van der Waals surface area contributed by atoms with Crippen molar-refractivity contribution >= 4 is 17.8 Å². The lowest BCUT2D eigenvalue weighted by Gasteiger charge is -2.45. The number of ether oxygens (including phenoxy) is 3. The van der Waals surface area contributed by atoms with Crippen LogP contribution in [0.15, 0.2) is 30.3 Å². The molecule has 0 aliphatic carbocycles. The average Bonchev–Trinajstić information content (AvgIpc) is 2.59. The Labute approximate surface area is 158 Å². The summed E-state index contributed by atoms with van der Waals surface area (Å²) in [5.74, 6) is -1.15. The summed E-state index contributed by atoms with van der Waals surface area (Å²) in [4.78, 5) is 34.9. The first kappa shape index (κ1) is 20.9. The predicted molar refractivity (Wildman–Crippen MR) is 96.3 cm³/mol. The van der Waals surface area contributed by atoms with Gasteiger partial charge in [0, 0.05) is 20.8 Å². The van der Waals surface area contributed by atoms with Crippen LogP contribution in [0.4, 0.5) is 0 Å². The molecule has 1 heterocycles. The lowest BCUT2D eigenvalue weighted by atomic mass is 9.94. The summed E-state index contributed by atoms with van der Waals surface area (Å²) in [5, 5.41) is 5.47. The SMILES string of the molecule is CC(=O)NC1C(C)OC(OCc2ccccc2)C(NC(C)=O)C1OC(C)=O. The Morgan fingerprint density at radius 3 is 2.15 bits per heavy atom. The van der Waals surface area contributed by atoms with E-state index in [0.717, 1.165) is 5.56 Å². The monoisotopic (exact) mass is 378 g/mol. The van der Waals surface area contributed by atoms with Gasteiger partial charge in [0.1, 0.15) is 12.1 Å². The van der Waals surface area contributed by atoms with E-state index >= 15 is 0 Å². The zero-order valence-corrected chi connectivity index (χ0v) is 15.9. The van der Waals surface area contributed by atoms with Crippen LogP contribution in [0.25, 0.3) is 0 Å². The van der Waals surface area contributed by atoms with Gasteiger partial charge >= 0.3 is 5.97 Å². The molecule has 5 unspecified atom stereocenters. The molecule has 0 spiro atoms. The van der Waals surface area contributed by atoms with Gasteiger partial charge in [-0.1, -0.05) is 30.3 Å². The Morgan fingerprint density at radius 1 is 1.00 bits per heavy atom. The molecule has 2 N–H and O–H groups in total. The molecule has 0 saturated carbocycles. The van der Waals surface area contributed by atoms with Gasteiger partial charge in [-0.25, -0.2) is 0 Å². The van der Waals surface area contributed by atoms with Crippen LogP contribution in [-0.4, -0.2) is 48.4 Å². The van der Waals surface area contributed by atoms with Gasteiger partial charge in [0.05, 0.1) is 18.8 Å². The molecule has 2 rings (SSSR count). The largest absolute Gasteiger partial charge is 0.458 e. The van der Waals surface area contributed by atoms with Crippen molar-refractivity contribution in [3.63, 3.8) is 0 Å². The molecule has 1 aliphatic rings. The Bertz CT molecular complexity index is 665. The van der Waals surface area contributed by atoms with Gasteiger partial charge in [-0.05, 0) is 12.5 Å². The van der Waals surface area contributed by atoms with Crippen LogP contribution in [0.2, 0.25) is 0 Å². The van der Waals surface area contributed by atoms with Crippen LogP contribution in [0, 0.1) is 0 Å². The fraction of sp³-hybridized carbons (Fsp3) is 0.526. The zero-order chi connectivity index (χ0) is 20.0. The molecular weight excluding hydrogens is 352 g/mol. The van der Waals surface area contributed by atoms with E-state index in [-0.39, 0.29) is 18.4 Å². The van der Waals surface area contributed by atoms with Crippen molar-refractivity contribution in [1.82, 2.24) is 10.6 Å². The number of carbonyl (C=O) groups excluding carboxylic acids is 3.